The van der Waals surface area contributed by atoms with E-state index in [1.807, 2.05) is 60.7 Å². The fourth-order valence-electron chi connectivity index (χ4n) is 2.48. The predicted octanol–water partition coefficient (Wildman–Crippen LogP) is 5.69. The third kappa shape index (κ3) is 3.33. The lowest BCUT2D eigenvalue weighted by molar-refractivity contribution is 0.415. The maximum Gasteiger partial charge on any atom is 0.118 e. The van der Waals surface area contributed by atoms with Crippen LogP contribution in [0.3, 0.4) is 0 Å². The summed E-state index contributed by atoms with van der Waals surface area (Å²) in [5, 5.41) is 0.725. The summed E-state index contributed by atoms with van der Waals surface area (Å²) >= 11 is 6.49. The first-order valence-corrected chi connectivity index (χ1v) is 7.67. The van der Waals surface area contributed by atoms with Crippen molar-refractivity contribution in [1.82, 2.24) is 0 Å². The van der Waals surface area contributed by atoms with Gasteiger partial charge in [0, 0.05) is 10.6 Å². The largest absolute Gasteiger partial charge is 0.497 e. The molecule has 3 aromatic rings. The summed E-state index contributed by atoms with van der Waals surface area (Å²) in [7, 11) is 3.32. The second-order valence-corrected chi connectivity index (χ2v) is 5.56. The van der Waals surface area contributed by atoms with E-state index >= 15 is 0 Å². The summed E-state index contributed by atoms with van der Waals surface area (Å²) in [6.45, 7) is 0. The van der Waals surface area contributed by atoms with E-state index < -0.39 is 0 Å². The van der Waals surface area contributed by atoms with Crippen molar-refractivity contribution >= 4 is 11.6 Å². The topological polar surface area (TPSA) is 18.5 Å². The van der Waals surface area contributed by atoms with E-state index in [0.29, 0.717) is 0 Å². The van der Waals surface area contributed by atoms with E-state index in [-0.39, 0.29) is 0 Å². The molecular weight excluding hydrogens is 308 g/mol. The molecule has 0 spiro atoms. The van der Waals surface area contributed by atoms with E-state index in [0.717, 1.165) is 38.8 Å². The molecule has 0 amide bonds. The van der Waals surface area contributed by atoms with Crippen molar-refractivity contribution in [2.24, 2.45) is 0 Å². The highest BCUT2D eigenvalue weighted by Gasteiger charge is 2.06. The van der Waals surface area contributed by atoms with Crippen LogP contribution in [-0.4, -0.2) is 14.2 Å². The van der Waals surface area contributed by atoms with Gasteiger partial charge in [0.1, 0.15) is 11.5 Å². The van der Waals surface area contributed by atoms with E-state index in [1.165, 1.54) is 0 Å². The van der Waals surface area contributed by atoms with E-state index in [2.05, 4.69) is 6.07 Å². The lowest BCUT2D eigenvalue weighted by Gasteiger charge is -2.09. The second kappa shape index (κ2) is 6.76. The van der Waals surface area contributed by atoms with Crippen molar-refractivity contribution in [3.05, 3.63) is 71.8 Å². The van der Waals surface area contributed by atoms with Gasteiger partial charge in [-0.2, -0.15) is 0 Å². The summed E-state index contributed by atoms with van der Waals surface area (Å²) in [4.78, 5) is 0. The van der Waals surface area contributed by atoms with Gasteiger partial charge in [-0.15, -0.1) is 0 Å². The molecule has 0 aliphatic heterocycles. The highest BCUT2D eigenvalue weighted by Crippen LogP contribution is 2.33. The Kier molecular flexibility index (Phi) is 4.54. The Labute approximate surface area is 141 Å². The lowest BCUT2D eigenvalue weighted by Crippen LogP contribution is -1.85. The highest BCUT2D eigenvalue weighted by atomic mass is 35.5. The normalized spacial score (nSPS) is 10.4. The molecule has 0 heterocycles. The predicted molar refractivity (Wildman–Crippen MR) is 95.4 cm³/mol. The van der Waals surface area contributed by atoms with Crippen LogP contribution in [0.15, 0.2) is 66.7 Å². The van der Waals surface area contributed by atoms with Crippen molar-refractivity contribution in [3.63, 3.8) is 0 Å². The zero-order chi connectivity index (χ0) is 16.2. The van der Waals surface area contributed by atoms with Crippen LogP contribution in [0, 0.1) is 0 Å². The molecule has 3 heteroatoms. The van der Waals surface area contributed by atoms with Crippen molar-refractivity contribution in [3.8, 4) is 33.8 Å². The lowest BCUT2D eigenvalue weighted by atomic mass is 10.00. The van der Waals surface area contributed by atoms with E-state index in [9.17, 15) is 0 Å². The minimum Gasteiger partial charge on any atom is -0.497 e. The average molecular weight is 325 g/mol. The van der Waals surface area contributed by atoms with Crippen molar-refractivity contribution in [2.45, 2.75) is 0 Å². The smallest absolute Gasteiger partial charge is 0.118 e. The zero-order valence-corrected chi connectivity index (χ0v) is 13.8. The van der Waals surface area contributed by atoms with Crippen LogP contribution < -0.4 is 9.47 Å². The van der Waals surface area contributed by atoms with Gasteiger partial charge in [0.05, 0.1) is 14.2 Å². The summed E-state index contributed by atoms with van der Waals surface area (Å²) < 4.78 is 10.4. The molecule has 3 rings (SSSR count). The van der Waals surface area contributed by atoms with Crippen LogP contribution in [-0.2, 0) is 0 Å². The molecule has 0 unspecified atom stereocenters. The summed E-state index contributed by atoms with van der Waals surface area (Å²) in [5.41, 5.74) is 4.26. The van der Waals surface area contributed by atoms with Gasteiger partial charge in [0.25, 0.3) is 0 Å². The van der Waals surface area contributed by atoms with Crippen LogP contribution in [0.5, 0.6) is 11.5 Å². The number of ether oxygens (including phenoxy) is 2. The number of methoxy groups -OCH3 is 2. The molecule has 3 aromatic carbocycles. The number of benzene rings is 3. The molecule has 0 radical (unpaired) electrons. The molecule has 0 fully saturated rings. The molecule has 23 heavy (non-hydrogen) atoms. The highest BCUT2D eigenvalue weighted by molar-refractivity contribution is 6.33. The zero-order valence-electron chi connectivity index (χ0n) is 13.0. The molecular formula is C20H17ClO2. The van der Waals surface area contributed by atoms with Crippen molar-refractivity contribution < 1.29 is 9.47 Å². The summed E-state index contributed by atoms with van der Waals surface area (Å²) in [5.74, 6) is 1.68. The Hall–Kier alpha value is -2.45. The molecule has 0 bridgehead atoms. The SMILES string of the molecule is COc1ccc(-c2ccc(-c3ccc(OC)cc3)c(Cl)c2)cc1. The Bertz CT molecular complexity index is 793. The van der Waals surface area contributed by atoms with E-state index in [1.54, 1.807) is 14.2 Å². The molecule has 0 aliphatic carbocycles. The van der Waals surface area contributed by atoms with Crippen molar-refractivity contribution in [2.75, 3.05) is 14.2 Å². The molecule has 0 aromatic heterocycles. The van der Waals surface area contributed by atoms with Gasteiger partial charge in [-0.05, 0) is 47.0 Å². The first-order chi connectivity index (χ1) is 11.2. The first kappa shape index (κ1) is 15.4. The van der Waals surface area contributed by atoms with Crippen molar-refractivity contribution in [1.29, 1.82) is 0 Å². The number of halogens is 1. The Morgan fingerprint density at radius 3 is 1.57 bits per heavy atom. The Morgan fingerprint density at radius 1 is 0.609 bits per heavy atom. The third-order valence-corrected chi connectivity index (χ3v) is 4.11. The maximum absolute atomic E-state index is 6.49. The van der Waals surface area contributed by atoms with Gasteiger partial charge in [0.2, 0.25) is 0 Å². The Balaban J connectivity index is 1.92. The van der Waals surface area contributed by atoms with Crippen LogP contribution in [0.25, 0.3) is 22.3 Å². The number of hydrogen-bond acceptors (Lipinski definition) is 2. The standard InChI is InChI=1S/C20H17ClO2/c1-22-17-8-3-14(4-9-17)16-7-12-19(20(21)13-16)15-5-10-18(23-2)11-6-15/h3-13H,1-2H3. The van der Waals surface area contributed by atoms with Crippen LogP contribution in [0.1, 0.15) is 0 Å². The average Bonchev–Trinajstić information content (AvgIpc) is 2.62. The summed E-state index contributed by atoms with van der Waals surface area (Å²) in [6, 6.07) is 21.9. The molecule has 0 saturated carbocycles. The maximum atomic E-state index is 6.49. The van der Waals surface area contributed by atoms with Gasteiger partial charge in [0.15, 0.2) is 0 Å². The molecule has 0 saturated heterocycles. The quantitative estimate of drug-likeness (QED) is 0.613. The van der Waals surface area contributed by atoms with Crippen LogP contribution in [0.4, 0.5) is 0 Å². The van der Waals surface area contributed by atoms with Crippen LogP contribution >= 0.6 is 11.6 Å². The minimum absolute atomic E-state index is 0.725. The van der Waals surface area contributed by atoms with Crippen LogP contribution in [0.2, 0.25) is 5.02 Å². The van der Waals surface area contributed by atoms with E-state index in [4.69, 9.17) is 21.1 Å². The second-order valence-electron chi connectivity index (χ2n) is 5.15. The number of hydrogen-bond donors (Lipinski definition) is 0. The van der Waals surface area contributed by atoms with Gasteiger partial charge < -0.3 is 9.47 Å². The minimum atomic E-state index is 0.725. The molecule has 0 atom stereocenters. The van der Waals surface area contributed by atoms with Gasteiger partial charge in [-0.3, -0.25) is 0 Å². The third-order valence-electron chi connectivity index (χ3n) is 3.79. The van der Waals surface area contributed by atoms with Gasteiger partial charge in [-0.1, -0.05) is 48.0 Å². The molecule has 2 nitrogen and oxygen atoms in total. The Morgan fingerprint density at radius 2 is 1.09 bits per heavy atom. The molecule has 116 valence electrons. The van der Waals surface area contributed by atoms with Gasteiger partial charge in [-0.25, -0.2) is 0 Å². The fourth-order valence-corrected chi connectivity index (χ4v) is 2.77. The molecule has 0 N–H and O–H groups in total. The molecule has 0 aliphatic rings. The summed E-state index contributed by atoms with van der Waals surface area (Å²) in [6.07, 6.45) is 0. The fraction of sp³-hybridized carbons (Fsp3) is 0.100. The monoisotopic (exact) mass is 324 g/mol. The first-order valence-electron chi connectivity index (χ1n) is 7.29. The number of rotatable bonds is 4. The van der Waals surface area contributed by atoms with Gasteiger partial charge >= 0.3 is 0 Å².